The molecule has 1 fully saturated rings. The summed E-state index contributed by atoms with van der Waals surface area (Å²) in [4.78, 5) is 26.9. The SMILES string of the molecule is CC(=O)/C(C=NC1CCCCNC1=O)=C(\C)O. The maximum absolute atomic E-state index is 11.6. The van der Waals surface area contributed by atoms with E-state index < -0.39 is 6.04 Å². The quantitative estimate of drug-likeness (QED) is 0.440. The van der Waals surface area contributed by atoms with Crippen LogP contribution >= 0.6 is 0 Å². The fourth-order valence-electron chi connectivity index (χ4n) is 1.67. The number of aliphatic hydroxyl groups excluding tert-OH is 1. The molecule has 0 spiro atoms. The highest BCUT2D eigenvalue weighted by molar-refractivity contribution is 6.12. The highest BCUT2D eigenvalue weighted by atomic mass is 16.3. The predicted molar refractivity (Wildman–Crippen MR) is 65.2 cm³/mol. The van der Waals surface area contributed by atoms with E-state index in [0.717, 1.165) is 12.8 Å². The summed E-state index contributed by atoms with van der Waals surface area (Å²) in [6, 6.07) is -0.453. The van der Waals surface area contributed by atoms with Crippen LogP contribution in [0.1, 0.15) is 33.1 Å². The Morgan fingerprint density at radius 1 is 1.47 bits per heavy atom. The minimum absolute atomic E-state index is 0.0738. The smallest absolute Gasteiger partial charge is 0.244 e. The first-order valence-electron chi connectivity index (χ1n) is 5.74. The van der Waals surface area contributed by atoms with E-state index in [1.165, 1.54) is 20.1 Å². The zero-order chi connectivity index (χ0) is 12.8. The van der Waals surface area contributed by atoms with Gasteiger partial charge in [-0.3, -0.25) is 14.6 Å². The lowest BCUT2D eigenvalue weighted by molar-refractivity contribution is -0.122. The van der Waals surface area contributed by atoms with Crippen LogP contribution in [0.3, 0.4) is 0 Å². The molecular formula is C12H18N2O3. The van der Waals surface area contributed by atoms with Gasteiger partial charge >= 0.3 is 0 Å². The molecular weight excluding hydrogens is 220 g/mol. The van der Waals surface area contributed by atoms with Gasteiger partial charge in [0.15, 0.2) is 5.78 Å². The number of nitrogens with one attached hydrogen (secondary N) is 1. The third-order valence-electron chi connectivity index (χ3n) is 2.66. The molecule has 1 aliphatic rings. The molecule has 1 atom stereocenters. The van der Waals surface area contributed by atoms with Crippen LogP contribution in [-0.2, 0) is 9.59 Å². The summed E-state index contributed by atoms with van der Waals surface area (Å²) in [5.41, 5.74) is 0.155. The summed E-state index contributed by atoms with van der Waals surface area (Å²) in [6.45, 7) is 3.46. The standard InChI is InChI=1S/C12H18N2O3/c1-8(15)10(9(2)16)7-14-11-5-3-4-6-13-12(11)17/h7,11,15H,3-6H2,1-2H3,(H,13,17)/b10-8+,14-7?. The number of aliphatic imine (C=N–C) groups is 1. The predicted octanol–water partition coefficient (Wildman–Crippen LogP) is 1.15. The number of carbonyl (C=O) groups excluding carboxylic acids is 2. The summed E-state index contributed by atoms with van der Waals surface area (Å²) < 4.78 is 0. The third kappa shape index (κ3) is 4.01. The van der Waals surface area contributed by atoms with Crippen LogP contribution < -0.4 is 5.32 Å². The van der Waals surface area contributed by atoms with Gasteiger partial charge in [0.05, 0.1) is 5.57 Å². The number of aliphatic hydroxyl groups is 1. The van der Waals surface area contributed by atoms with Crippen molar-refractivity contribution in [1.29, 1.82) is 0 Å². The van der Waals surface area contributed by atoms with Crippen molar-refractivity contribution in [3.8, 4) is 0 Å². The zero-order valence-electron chi connectivity index (χ0n) is 10.2. The Hall–Kier alpha value is -1.65. The van der Waals surface area contributed by atoms with Gasteiger partial charge in [0.1, 0.15) is 11.8 Å². The van der Waals surface area contributed by atoms with Crippen molar-refractivity contribution in [3.63, 3.8) is 0 Å². The molecule has 1 unspecified atom stereocenters. The fraction of sp³-hybridized carbons (Fsp3) is 0.583. The topological polar surface area (TPSA) is 78.8 Å². The Kier molecular flexibility index (Phi) is 4.87. The lowest BCUT2D eigenvalue weighted by atomic mass is 10.1. The third-order valence-corrected chi connectivity index (χ3v) is 2.66. The summed E-state index contributed by atoms with van der Waals surface area (Å²) in [6.07, 6.45) is 3.86. The van der Waals surface area contributed by atoms with Gasteiger partial charge in [0.25, 0.3) is 0 Å². The van der Waals surface area contributed by atoms with Gasteiger partial charge in [-0.15, -0.1) is 0 Å². The van der Waals surface area contributed by atoms with Crippen LogP contribution in [0.4, 0.5) is 0 Å². The molecule has 0 aromatic rings. The van der Waals surface area contributed by atoms with Crippen LogP contribution in [0.5, 0.6) is 0 Å². The van der Waals surface area contributed by atoms with Crippen molar-refractivity contribution in [3.05, 3.63) is 11.3 Å². The number of carbonyl (C=O) groups is 2. The molecule has 0 aromatic carbocycles. The number of Topliss-reactive ketones (excluding diaryl/α,β-unsaturated/α-hetero) is 1. The van der Waals surface area contributed by atoms with E-state index in [0.29, 0.717) is 13.0 Å². The second-order valence-corrected chi connectivity index (χ2v) is 4.14. The number of ketones is 1. The van der Waals surface area contributed by atoms with E-state index >= 15 is 0 Å². The molecule has 2 N–H and O–H groups in total. The molecule has 0 radical (unpaired) electrons. The van der Waals surface area contributed by atoms with Crippen molar-refractivity contribution in [1.82, 2.24) is 5.32 Å². The molecule has 0 aliphatic carbocycles. The molecule has 1 saturated heterocycles. The highest BCUT2D eigenvalue weighted by Crippen LogP contribution is 2.09. The second kappa shape index (κ2) is 6.18. The first kappa shape index (κ1) is 13.4. The molecule has 17 heavy (non-hydrogen) atoms. The van der Waals surface area contributed by atoms with Gasteiger partial charge in [0.2, 0.25) is 5.91 Å². The summed E-state index contributed by atoms with van der Waals surface area (Å²) >= 11 is 0. The molecule has 0 bridgehead atoms. The number of amides is 1. The lowest BCUT2D eigenvalue weighted by Crippen LogP contribution is -2.31. The molecule has 0 saturated carbocycles. The molecule has 0 aromatic heterocycles. The van der Waals surface area contributed by atoms with Gasteiger partial charge < -0.3 is 10.4 Å². The molecule has 5 nitrogen and oxygen atoms in total. The molecule has 5 heteroatoms. The number of hydrogen-bond acceptors (Lipinski definition) is 4. The maximum atomic E-state index is 11.6. The average molecular weight is 238 g/mol. The number of hydrogen-bond donors (Lipinski definition) is 2. The molecule has 1 aliphatic heterocycles. The van der Waals surface area contributed by atoms with Crippen molar-refractivity contribution < 1.29 is 14.7 Å². The first-order chi connectivity index (χ1) is 8.02. The number of rotatable bonds is 3. The van der Waals surface area contributed by atoms with E-state index in [1.807, 2.05) is 0 Å². The van der Waals surface area contributed by atoms with Gasteiger partial charge in [-0.2, -0.15) is 0 Å². The van der Waals surface area contributed by atoms with Crippen LogP contribution in [0.15, 0.2) is 16.3 Å². The van der Waals surface area contributed by atoms with E-state index in [9.17, 15) is 14.7 Å². The van der Waals surface area contributed by atoms with Crippen molar-refractivity contribution in [2.75, 3.05) is 6.54 Å². The van der Waals surface area contributed by atoms with Crippen LogP contribution in [0.25, 0.3) is 0 Å². The average Bonchev–Trinajstić information content (AvgIpc) is 2.43. The fourth-order valence-corrected chi connectivity index (χ4v) is 1.67. The van der Waals surface area contributed by atoms with Crippen molar-refractivity contribution in [2.24, 2.45) is 4.99 Å². The van der Waals surface area contributed by atoms with E-state index in [1.54, 1.807) is 0 Å². The summed E-state index contributed by atoms with van der Waals surface area (Å²) in [5, 5.41) is 12.1. The van der Waals surface area contributed by atoms with E-state index in [2.05, 4.69) is 10.3 Å². The Morgan fingerprint density at radius 2 is 2.18 bits per heavy atom. The Morgan fingerprint density at radius 3 is 2.76 bits per heavy atom. The molecule has 1 amide bonds. The van der Waals surface area contributed by atoms with Crippen LogP contribution in [-0.4, -0.2) is 35.6 Å². The summed E-state index contributed by atoms with van der Waals surface area (Å²) in [7, 11) is 0. The minimum Gasteiger partial charge on any atom is -0.512 e. The largest absolute Gasteiger partial charge is 0.512 e. The van der Waals surface area contributed by atoms with Crippen molar-refractivity contribution >= 4 is 17.9 Å². The summed E-state index contributed by atoms with van der Waals surface area (Å²) in [5.74, 6) is -0.449. The number of nitrogens with zero attached hydrogens (tertiary/aromatic N) is 1. The second-order valence-electron chi connectivity index (χ2n) is 4.14. The monoisotopic (exact) mass is 238 g/mol. The Bertz CT molecular complexity index is 368. The van der Waals surface area contributed by atoms with Gasteiger partial charge in [-0.1, -0.05) is 0 Å². The van der Waals surface area contributed by atoms with Crippen molar-refractivity contribution in [2.45, 2.75) is 39.2 Å². The normalized spacial score (nSPS) is 22.9. The number of allylic oxidation sites excluding steroid dienone is 2. The molecule has 1 rings (SSSR count). The van der Waals surface area contributed by atoms with E-state index in [-0.39, 0.29) is 23.0 Å². The molecule has 94 valence electrons. The van der Waals surface area contributed by atoms with E-state index in [4.69, 9.17) is 0 Å². The van der Waals surface area contributed by atoms with Gasteiger partial charge in [0, 0.05) is 12.8 Å². The first-order valence-corrected chi connectivity index (χ1v) is 5.74. The zero-order valence-corrected chi connectivity index (χ0v) is 10.2. The lowest BCUT2D eigenvalue weighted by Gasteiger charge is -2.07. The molecule has 1 heterocycles. The van der Waals surface area contributed by atoms with Crippen LogP contribution in [0, 0.1) is 0 Å². The van der Waals surface area contributed by atoms with Gasteiger partial charge in [-0.05, 0) is 33.1 Å². The Labute approximate surface area is 101 Å². The van der Waals surface area contributed by atoms with Gasteiger partial charge in [-0.25, -0.2) is 0 Å². The Balaban J connectivity index is 2.78. The van der Waals surface area contributed by atoms with Crippen LogP contribution in [0.2, 0.25) is 0 Å². The minimum atomic E-state index is -0.453. The maximum Gasteiger partial charge on any atom is 0.244 e. The highest BCUT2D eigenvalue weighted by Gasteiger charge is 2.19.